The summed E-state index contributed by atoms with van der Waals surface area (Å²) in [4.78, 5) is 24.8. The molecule has 0 saturated carbocycles. The van der Waals surface area contributed by atoms with E-state index in [4.69, 9.17) is 15.9 Å². The first-order chi connectivity index (χ1) is 16.0. The van der Waals surface area contributed by atoms with Gasteiger partial charge in [-0.1, -0.05) is 30.4 Å². The molecule has 8 heteroatoms. The number of hydrogen-bond acceptors (Lipinski definition) is 6. The molecule has 3 N–H and O–H groups in total. The molecule has 8 nitrogen and oxygen atoms in total. The quantitative estimate of drug-likeness (QED) is 0.296. The van der Waals surface area contributed by atoms with E-state index in [1.54, 1.807) is 5.01 Å². The minimum absolute atomic E-state index is 0.0687. The maximum absolute atomic E-state index is 11.3. The van der Waals surface area contributed by atoms with Gasteiger partial charge in [0.1, 0.15) is 17.7 Å². The molecule has 0 radical (unpaired) electrons. The molecular weight excluding hydrogens is 418 g/mol. The number of ether oxygens (including phenoxy) is 1. The number of likely N-dealkylation sites (N-methyl/N-ethyl adjacent to an activating group) is 1. The van der Waals surface area contributed by atoms with Crippen molar-refractivity contribution in [3.8, 4) is 5.75 Å². The van der Waals surface area contributed by atoms with Crippen molar-refractivity contribution in [2.75, 3.05) is 36.1 Å². The summed E-state index contributed by atoms with van der Waals surface area (Å²) in [5, 5.41) is 9.37. The lowest BCUT2D eigenvalue weighted by Crippen LogP contribution is -2.44. The van der Waals surface area contributed by atoms with E-state index in [0.717, 1.165) is 48.5 Å². The highest BCUT2D eigenvalue weighted by atomic mass is 16.5. The van der Waals surface area contributed by atoms with E-state index in [1.165, 1.54) is 4.68 Å². The molecule has 0 spiro atoms. The zero-order chi connectivity index (χ0) is 23.4. The number of benzene rings is 2. The first-order valence-corrected chi connectivity index (χ1v) is 11.2. The summed E-state index contributed by atoms with van der Waals surface area (Å²) in [6.07, 6.45) is 5.77. The first-order valence-electron chi connectivity index (χ1n) is 11.2. The fourth-order valence-corrected chi connectivity index (χ4v) is 4.02. The van der Waals surface area contributed by atoms with E-state index in [0.29, 0.717) is 13.1 Å². The van der Waals surface area contributed by atoms with Crippen molar-refractivity contribution in [1.29, 1.82) is 5.41 Å². The molecule has 4 rings (SSSR count). The largest absolute Gasteiger partial charge is 0.490 e. The maximum atomic E-state index is 11.3. The molecule has 2 aromatic carbocycles. The second-order valence-corrected chi connectivity index (χ2v) is 8.17. The fraction of sp³-hybridized carbons (Fsp3) is 0.320. The molecule has 1 aromatic heterocycles. The Hall–Kier alpha value is -3.81. The van der Waals surface area contributed by atoms with Crippen molar-refractivity contribution >= 4 is 17.6 Å². The summed E-state index contributed by atoms with van der Waals surface area (Å²) in [5.74, 6) is 0.892. The van der Waals surface area contributed by atoms with Gasteiger partial charge in [0, 0.05) is 50.3 Å². The van der Waals surface area contributed by atoms with Gasteiger partial charge >= 0.3 is 11.1 Å². The minimum atomic E-state index is -0.412. The summed E-state index contributed by atoms with van der Waals surface area (Å²) >= 11 is 0. The van der Waals surface area contributed by atoms with Crippen molar-refractivity contribution < 1.29 is 4.74 Å². The van der Waals surface area contributed by atoms with Crippen LogP contribution in [0.15, 0.2) is 64.2 Å². The molecule has 3 aromatic rings. The van der Waals surface area contributed by atoms with E-state index in [2.05, 4.69) is 30.0 Å². The van der Waals surface area contributed by atoms with Crippen LogP contribution < -0.4 is 31.5 Å². The van der Waals surface area contributed by atoms with Gasteiger partial charge < -0.3 is 20.4 Å². The Morgan fingerprint density at radius 1 is 1.15 bits per heavy atom. The van der Waals surface area contributed by atoms with E-state index >= 15 is 0 Å². The van der Waals surface area contributed by atoms with Crippen LogP contribution in [0.1, 0.15) is 30.9 Å². The zero-order valence-corrected chi connectivity index (χ0v) is 18.7. The lowest BCUT2D eigenvalue weighted by atomic mass is 10.1. The Labute approximate surface area is 192 Å². The number of aromatic nitrogens is 1. The van der Waals surface area contributed by atoms with Crippen LogP contribution in [-0.4, -0.2) is 42.8 Å². The van der Waals surface area contributed by atoms with Gasteiger partial charge in [0.2, 0.25) is 0 Å². The highest BCUT2D eigenvalue weighted by Crippen LogP contribution is 2.23. The minimum Gasteiger partial charge on any atom is -0.490 e. The van der Waals surface area contributed by atoms with Crippen molar-refractivity contribution in [1.82, 2.24) is 4.68 Å². The van der Waals surface area contributed by atoms with Crippen LogP contribution in [0.25, 0.3) is 6.08 Å². The average molecular weight is 448 g/mol. The molecule has 0 atom stereocenters. The van der Waals surface area contributed by atoms with Gasteiger partial charge in [-0.05, 0) is 42.8 Å². The molecule has 0 bridgehead atoms. The van der Waals surface area contributed by atoms with Gasteiger partial charge in [-0.2, -0.15) is 4.68 Å². The lowest BCUT2D eigenvalue weighted by Gasteiger charge is -2.31. The van der Waals surface area contributed by atoms with Crippen LogP contribution in [0, 0.1) is 5.41 Å². The predicted molar refractivity (Wildman–Crippen MR) is 132 cm³/mol. The summed E-state index contributed by atoms with van der Waals surface area (Å²) in [6.45, 7) is 5.03. The van der Waals surface area contributed by atoms with Gasteiger partial charge in [-0.25, -0.2) is 0 Å². The predicted octanol–water partition coefficient (Wildman–Crippen LogP) is 2.09. The second-order valence-electron chi connectivity index (χ2n) is 8.17. The summed E-state index contributed by atoms with van der Waals surface area (Å²) in [6, 6.07) is 15.7. The molecule has 1 fully saturated rings. The lowest BCUT2D eigenvalue weighted by molar-refractivity contribution is 0.164. The smallest absolute Gasteiger partial charge is 0.340 e. The maximum Gasteiger partial charge on any atom is 0.340 e. The summed E-state index contributed by atoms with van der Waals surface area (Å²) in [7, 11) is 0. The Morgan fingerprint density at radius 2 is 1.85 bits per heavy atom. The highest BCUT2D eigenvalue weighted by molar-refractivity contribution is 5.95. The van der Waals surface area contributed by atoms with Gasteiger partial charge in [-0.15, -0.1) is 0 Å². The Balaban J connectivity index is 1.29. The van der Waals surface area contributed by atoms with Crippen molar-refractivity contribution in [3.63, 3.8) is 0 Å². The van der Waals surface area contributed by atoms with Crippen molar-refractivity contribution in [2.24, 2.45) is 5.73 Å². The van der Waals surface area contributed by atoms with Crippen LogP contribution in [-0.2, 0) is 0 Å². The van der Waals surface area contributed by atoms with Crippen molar-refractivity contribution in [3.05, 3.63) is 86.4 Å². The SMILES string of the molecule is CCN(C/C=C/c1cccc(C(=N)N)c1)c1ccc(OC2CCN(n3c(=O)c3=O)CC2)cc1. The molecule has 0 unspecified atom stereocenters. The highest BCUT2D eigenvalue weighted by Gasteiger charge is 2.28. The second kappa shape index (κ2) is 9.77. The van der Waals surface area contributed by atoms with Gasteiger partial charge in [0.15, 0.2) is 0 Å². The third kappa shape index (κ3) is 5.34. The third-order valence-corrected chi connectivity index (χ3v) is 5.94. The molecule has 1 saturated heterocycles. The number of piperidine rings is 1. The number of rotatable bonds is 9. The summed E-state index contributed by atoms with van der Waals surface area (Å²) < 4.78 is 7.34. The van der Waals surface area contributed by atoms with E-state index in [1.807, 2.05) is 42.5 Å². The number of nitrogens with zero attached hydrogens (tertiary/aromatic N) is 3. The Kier molecular flexibility index (Phi) is 6.63. The standard InChI is InChI=1S/C25H29N5O3/c1-2-28(14-4-6-18-5-3-7-19(17-18)23(26)27)20-8-10-21(11-9-20)33-22-12-15-29(16-13-22)30-24(31)25(30)32/h3-11,17,22H,2,12-16H2,1H3,(H3,26,27)/b6-4+. The molecule has 0 aliphatic carbocycles. The van der Waals surface area contributed by atoms with Crippen LogP contribution >= 0.6 is 0 Å². The van der Waals surface area contributed by atoms with E-state index < -0.39 is 11.1 Å². The van der Waals surface area contributed by atoms with Gasteiger partial charge in [0.05, 0.1) is 0 Å². The molecule has 33 heavy (non-hydrogen) atoms. The van der Waals surface area contributed by atoms with Crippen LogP contribution in [0.2, 0.25) is 0 Å². The van der Waals surface area contributed by atoms with Gasteiger partial charge in [-0.3, -0.25) is 15.0 Å². The van der Waals surface area contributed by atoms with Gasteiger partial charge in [0.25, 0.3) is 0 Å². The molecule has 1 aliphatic rings. The average Bonchev–Trinajstić information content (AvgIpc) is 3.43. The van der Waals surface area contributed by atoms with Crippen LogP contribution in [0.5, 0.6) is 5.75 Å². The number of nitrogens with two attached hydrogens (primary N) is 1. The van der Waals surface area contributed by atoms with Crippen molar-refractivity contribution in [2.45, 2.75) is 25.9 Å². The number of nitrogen functional groups attached to an aromatic ring is 1. The Morgan fingerprint density at radius 3 is 2.45 bits per heavy atom. The summed E-state index contributed by atoms with van der Waals surface area (Å²) in [5.41, 5.74) is 7.59. The van der Waals surface area contributed by atoms with Crippen LogP contribution in [0.3, 0.4) is 0 Å². The zero-order valence-electron chi connectivity index (χ0n) is 18.7. The van der Waals surface area contributed by atoms with E-state index in [-0.39, 0.29) is 11.9 Å². The first kappa shape index (κ1) is 22.4. The van der Waals surface area contributed by atoms with Crippen LogP contribution in [0.4, 0.5) is 5.69 Å². The third-order valence-electron chi connectivity index (χ3n) is 5.94. The Bertz CT molecular complexity index is 1170. The molecule has 1 aliphatic heterocycles. The number of hydrogen-bond donors (Lipinski definition) is 2. The number of amidine groups is 1. The number of anilines is 1. The topological polar surface area (TPSA) is 105 Å². The molecule has 0 amide bonds. The molecule has 2 heterocycles. The van der Waals surface area contributed by atoms with E-state index in [9.17, 15) is 9.59 Å². The molecular formula is C25H29N5O3. The normalized spacial score (nSPS) is 14.8. The monoisotopic (exact) mass is 447 g/mol. The number of nitrogens with one attached hydrogen (secondary N) is 1. The fourth-order valence-electron chi connectivity index (χ4n) is 4.02. The molecule has 172 valence electrons.